The third kappa shape index (κ3) is 6.41. The number of halogens is 3. The molecule has 1 aliphatic carbocycles. The average molecular weight is 605 g/mol. The van der Waals surface area contributed by atoms with Crippen molar-refractivity contribution in [2.45, 2.75) is 70.6 Å². The van der Waals surface area contributed by atoms with Crippen LogP contribution in [0.4, 0.5) is 8.78 Å². The minimum atomic E-state index is -3.52. The van der Waals surface area contributed by atoms with Crippen LogP contribution in [0.3, 0.4) is 0 Å². The van der Waals surface area contributed by atoms with Crippen LogP contribution in [-0.4, -0.2) is 23.2 Å². The van der Waals surface area contributed by atoms with Crippen LogP contribution in [0.1, 0.15) is 53.6 Å². The highest BCUT2D eigenvalue weighted by Crippen LogP contribution is 2.56. The molecule has 3 nitrogen and oxygen atoms in total. The zero-order valence-corrected chi connectivity index (χ0v) is 25.6. The van der Waals surface area contributed by atoms with Crippen LogP contribution in [0.2, 0.25) is 5.02 Å². The van der Waals surface area contributed by atoms with E-state index in [1.807, 2.05) is 91.9 Å². The van der Waals surface area contributed by atoms with Gasteiger partial charge in [0.05, 0.1) is 19.3 Å². The second kappa shape index (κ2) is 13.3. The molecule has 0 bridgehead atoms. The molecule has 0 amide bonds. The van der Waals surface area contributed by atoms with Crippen molar-refractivity contribution in [2.75, 3.05) is 0 Å². The van der Waals surface area contributed by atoms with Gasteiger partial charge < -0.3 is 14.6 Å². The lowest BCUT2D eigenvalue weighted by Crippen LogP contribution is -2.69. The third-order valence-electron chi connectivity index (χ3n) is 8.84. The topological polar surface area (TPSA) is 38.7 Å². The van der Waals surface area contributed by atoms with Crippen molar-refractivity contribution in [2.24, 2.45) is 11.8 Å². The van der Waals surface area contributed by atoms with E-state index >= 15 is 8.78 Å². The first-order valence-corrected chi connectivity index (χ1v) is 15.3. The Morgan fingerprint density at radius 1 is 0.791 bits per heavy atom. The maximum Gasteiger partial charge on any atom is 0.286 e. The summed E-state index contributed by atoms with van der Waals surface area (Å²) in [5.41, 5.74) is 1.90. The van der Waals surface area contributed by atoms with Gasteiger partial charge in [-0.2, -0.15) is 0 Å². The smallest absolute Gasteiger partial charge is 0.286 e. The molecular formula is C37H39ClF2O3. The van der Waals surface area contributed by atoms with Gasteiger partial charge >= 0.3 is 0 Å². The van der Waals surface area contributed by atoms with Crippen LogP contribution in [0.15, 0.2) is 103 Å². The highest BCUT2D eigenvalue weighted by Gasteiger charge is 2.70. The van der Waals surface area contributed by atoms with Gasteiger partial charge in [0.15, 0.2) is 5.60 Å². The molecule has 5 rings (SSSR count). The molecule has 0 spiro atoms. The van der Waals surface area contributed by atoms with E-state index in [2.05, 4.69) is 0 Å². The van der Waals surface area contributed by atoms with Crippen LogP contribution in [0.5, 0.6) is 0 Å². The van der Waals surface area contributed by atoms with E-state index in [-0.39, 0.29) is 25.2 Å². The summed E-state index contributed by atoms with van der Waals surface area (Å²) in [6.45, 7) is 5.77. The quantitative estimate of drug-likeness (QED) is 0.196. The fraction of sp³-hybridized carbons (Fsp3) is 0.351. The molecule has 0 aliphatic heterocycles. The highest BCUT2D eigenvalue weighted by atomic mass is 35.5. The Morgan fingerprint density at radius 2 is 1.37 bits per heavy atom. The summed E-state index contributed by atoms with van der Waals surface area (Å²) in [5, 5.41) is 13.0. The summed E-state index contributed by atoms with van der Waals surface area (Å²) in [7, 11) is 0. The number of alkyl halides is 2. The number of ether oxygens (including phenoxy) is 2. The Morgan fingerprint density at radius 3 is 1.95 bits per heavy atom. The second-order valence-electron chi connectivity index (χ2n) is 11.7. The molecule has 1 fully saturated rings. The SMILES string of the molecule is CC[C@@H]1[C@@H](C)[C@H](OCc2ccccc2)[C@@H](OCc2ccccc2)[C@@](O)(c2ccc(Cl)c(Cc3ccc(C)cc3)c2)C1(F)F. The van der Waals surface area contributed by atoms with Crippen molar-refractivity contribution >= 4 is 11.6 Å². The summed E-state index contributed by atoms with van der Waals surface area (Å²) >= 11 is 6.61. The summed E-state index contributed by atoms with van der Waals surface area (Å²) in [6, 6.07) is 31.7. The van der Waals surface area contributed by atoms with Gasteiger partial charge in [-0.15, -0.1) is 0 Å². The lowest BCUT2D eigenvalue weighted by atomic mass is 9.62. The van der Waals surface area contributed by atoms with E-state index in [0.717, 1.165) is 22.3 Å². The van der Waals surface area contributed by atoms with Crippen molar-refractivity contribution in [1.82, 2.24) is 0 Å². The van der Waals surface area contributed by atoms with Gasteiger partial charge in [0.2, 0.25) is 0 Å². The van der Waals surface area contributed by atoms with Gasteiger partial charge in [-0.25, -0.2) is 8.78 Å². The molecule has 0 saturated heterocycles. The minimum absolute atomic E-state index is 0.0441. The Bertz CT molecular complexity index is 1480. The summed E-state index contributed by atoms with van der Waals surface area (Å²) in [4.78, 5) is 0. The molecular weight excluding hydrogens is 566 g/mol. The highest BCUT2D eigenvalue weighted by molar-refractivity contribution is 6.31. The monoisotopic (exact) mass is 604 g/mol. The Kier molecular flexibility index (Phi) is 9.67. The normalized spacial score (nSPS) is 25.0. The maximum atomic E-state index is 16.9. The molecule has 43 heavy (non-hydrogen) atoms. The predicted molar refractivity (Wildman–Crippen MR) is 167 cm³/mol. The zero-order valence-electron chi connectivity index (χ0n) is 24.9. The van der Waals surface area contributed by atoms with Crippen molar-refractivity contribution in [1.29, 1.82) is 0 Å². The van der Waals surface area contributed by atoms with Crippen LogP contribution in [0, 0.1) is 18.8 Å². The van der Waals surface area contributed by atoms with Gasteiger partial charge in [0.25, 0.3) is 5.92 Å². The molecule has 1 saturated carbocycles. The van der Waals surface area contributed by atoms with Gasteiger partial charge in [-0.1, -0.05) is 128 Å². The number of hydrogen-bond donors (Lipinski definition) is 1. The first-order chi connectivity index (χ1) is 20.6. The van der Waals surface area contributed by atoms with Crippen LogP contribution < -0.4 is 0 Å². The number of hydrogen-bond acceptors (Lipinski definition) is 3. The zero-order chi connectivity index (χ0) is 30.6. The van der Waals surface area contributed by atoms with E-state index in [1.54, 1.807) is 26.0 Å². The van der Waals surface area contributed by atoms with E-state index in [9.17, 15) is 5.11 Å². The molecule has 1 aliphatic rings. The molecule has 4 aromatic carbocycles. The molecule has 4 aromatic rings. The second-order valence-corrected chi connectivity index (χ2v) is 12.1. The third-order valence-corrected chi connectivity index (χ3v) is 9.20. The lowest BCUT2D eigenvalue weighted by molar-refractivity contribution is -0.331. The van der Waals surface area contributed by atoms with Crippen LogP contribution in [0.25, 0.3) is 0 Å². The molecule has 0 radical (unpaired) electrons. The first kappa shape index (κ1) is 31.3. The van der Waals surface area contributed by atoms with Crippen LogP contribution in [-0.2, 0) is 34.7 Å². The Balaban J connectivity index is 1.59. The van der Waals surface area contributed by atoms with Crippen molar-refractivity contribution < 1.29 is 23.4 Å². The summed E-state index contributed by atoms with van der Waals surface area (Å²) in [6.07, 6.45) is -1.57. The summed E-state index contributed by atoms with van der Waals surface area (Å²) in [5.74, 6) is -5.26. The lowest BCUT2D eigenvalue weighted by Gasteiger charge is -2.54. The molecule has 5 atom stereocenters. The van der Waals surface area contributed by atoms with Crippen molar-refractivity contribution in [3.63, 3.8) is 0 Å². The first-order valence-electron chi connectivity index (χ1n) is 14.9. The molecule has 0 aromatic heterocycles. The molecule has 0 heterocycles. The minimum Gasteiger partial charge on any atom is -0.376 e. The van der Waals surface area contributed by atoms with E-state index in [1.165, 1.54) is 6.07 Å². The van der Waals surface area contributed by atoms with Crippen LogP contribution >= 0.6 is 11.6 Å². The number of benzene rings is 4. The van der Waals surface area contributed by atoms with Crippen molar-refractivity contribution in [3.8, 4) is 0 Å². The largest absolute Gasteiger partial charge is 0.376 e. The number of rotatable bonds is 10. The average Bonchev–Trinajstić information content (AvgIpc) is 3.01. The fourth-order valence-electron chi connectivity index (χ4n) is 6.38. The van der Waals surface area contributed by atoms with E-state index in [0.29, 0.717) is 17.0 Å². The summed E-state index contributed by atoms with van der Waals surface area (Å²) < 4.78 is 46.5. The van der Waals surface area contributed by atoms with E-state index in [4.69, 9.17) is 21.1 Å². The maximum absolute atomic E-state index is 16.9. The van der Waals surface area contributed by atoms with Gasteiger partial charge in [-0.05, 0) is 59.6 Å². The number of aliphatic hydroxyl groups is 1. The molecule has 0 unspecified atom stereocenters. The standard InChI is InChI=1S/C37H39ClF2O3/c1-4-32-26(3)34(42-23-28-11-7-5-8-12-28)35(43-24-29-13-9-6-10-14-29)36(41,37(32,39)40)31-19-20-33(38)30(22-31)21-27-17-15-25(2)16-18-27/h5-20,22,26,32,34-35,41H,4,21,23-24H2,1-3H3/t26-,32-,34+,35-,36+/m1/s1. The van der Waals surface area contributed by atoms with E-state index < -0.39 is 35.6 Å². The van der Waals surface area contributed by atoms with Crippen molar-refractivity contribution in [3.05, 3.63) is 142 Å². The fourth-order valence-corrected chi connectivity index (χ4v) is 6.57. The molecule has 226 valence electrons. The molecule has 6 heteroatoms. The van der Waals surface area contributed by atoms with Gasteiger partial charge in [0.1, 0.15) is 6.10 Å². The number of aryl methyl sites for hydroxylation is 1. The Hall–Kier alpha value is -3.09. The predicted octanol–water partition coefficient (Wildman–Crippen LogP) is 8.91. The van der Waals surface area contributed by atoms with Gasteiger partial charge in [0, 0.05) is 10.9 Å². The Labute approximate surface area is 258 Å². The van der Waals surface area contributed by atoms with Gasteiger partial charge in [-0.3, -0.25) is 0 Å². The molecule has 1 N–H and O–H groups in total.